The summed E-state index contributed by atoms with van der Waals surface area (Å²) in [5.41, 5.74) is 1.08. The molecule has 1 aromatic rings. The van der Waals surface area contributed by atoms with Crippen molar-refractivity contribution < 1.29 is 32.1 Å². The van der Waals surface area contributed by atoms with Crippen LogP contribution in [0.15, 0.2) is 24.3 Å². The van der Waals surface area contributed by atoms with Gasteiger partial charge >= 0.3 is 6.36 Å². The first-order chi connectivity index (χ1) is 15.0. The third-order valence-electron chi connectivity index (χ3n) is 6.76. The molecule has 31 heavy (non-hydrogen) atoms. The van der Waals surface area contributed by atoms with Crippen LogP contribution in [0, 0.1) is 5.92 Å². The lowest BCUT2D eigenvalue weighted by atomic mass is 9.83. The lowest BCUT2D eigenvalue weighted by Gasteiger charge is -2.29. The topological polar surface area (TPSA) is 40.2 Å². The molecular weight excluding hydrogens is 409 g/mol. The fourth-order valence-electron chi connectivity index (χ4n) is 4.95. The van der Waals surface area contributed by atoms with Crippen molar-refractivity contribution in [1.29, 1.82) is 0 Å². The van der Waals surface area contributed by atoms with E-state index in [1.54, 1.807) is 12.1 Å². The molecule has 7 heteroatoms. The highest BCUT2D eigenvalue weighted by Crippen LogP contribution is 2.39. The van der Waals surface area contributed by atoms with Crippen molar-refractivity contribution >= 4 is 0 Å². The number of epoxide rings is 1. The quantitative estimate of drug-likeness (QED) is 0.330. The second-order valence-corrected chi connectivity index (χ2v) is 9.14. The van der Waals surface area contributed by atoms with Crippen LogP contribution in [0.5, 0.6) is 5.75 Å². The molecule has 3 atom stereocenters. The molecule has 1 heterocycles. The number of ether oxygens (including phenoxy) is 4. The van der Waals surface area contributed by atoms with Gasteiger partial charge in [-0.05, 0) is 87.3 Å². The molecule has 2 aliphatic carbocycles. The van der Waals surface area contributed by atoms with Crippen LogP contribution in [-0.4, -0.2) is 44.5 Å². The van der Waals surface area contributed by atoms with E-state index in [-0.39, 0.29) is 5.75 Å². The van der Waals surface area contributed by atoms with Crippen molar-refractivity contribution in [3.8, 4) is 5.75 Å². The van der Waals surface area contributed by atoms with E-state index in [1.165, 1.54) is 31.4 Å². The van der Waals surface area contributed by atoms with Gasteiger partial charge in [0.1, 0.15) is 5.75 Å². The van der Waals surface area contributed by atoms with Gasteiger partial charge in [0.15, 0.2) is 0 Å². The first-order valence-electron chi connectivity index (χ1n) is 11.7. The van der Waals surface area contributed by atoms with Crippen molar-refractivity contribution in [2.75, 3.05) is 19.8 Å². The molecule has 0 bridgehead atoms. The lowest BCUT2D eigenvalue weighted by molar-refractivity contribution is -0.274. The number of hydrogen-bond donors (Lipinski definition) is 0. The van der Waals surface area contributed by atoms with Crippen LogP contribution in [0.2, 0.25) is 0 Å². The summed E-state index contributed by atoms with van der Waals surface area (Å²) in [5, 5.41) is 0. The predicted octanol–water partition coefficient (Wildman–Crippen LogP) is 5.99. The van der Waals surface area contributed by atoms with Gasteiger partial charge in [-0.25, -0.2) is 0 Å². The Morgan fingerprint density at radius 3 is 2.32 bits per heavy atom. The summed E-state index contributed by atoms with van der Waals surface area (Å²) in [7, 11) is 0. The van der Waals surface area contributed by atoms with Crippen molar-refractivity contribution in [3.05, 3.63) is 29.8 Å². The van der Waals surface area contributed by atoms with Gasteiger partial charge < -0.3 is 18.9 Å². The number of hydrogen-bond acceptors (Lipinski definition) is 4. The Kier molecular flexibility index (Phi) is 7.77. The van der Waals surface area contributed by atoms with Crippen LogP contribution >= 0.6 is 0 Å². The first-order valence-corrected chi connectivity index (χ1v) is 11.7. The summed E-state index contributed by atoms with van der Waals surface area (Å²) in [5.74, 6) is 0.884. The van der Waals surface area contributed by atoms with Gasteiger partial charge in [0.05, 0.1) is 18.3 Å². The second-order valence-electron chi connectivity index (χ2n) is 9.14. The van der Waals surface area contributed by atoms with Crippen LogP contribution in [0.1, 0.15) is 69.3 Å². The molecule has 4 nitrogen and oxygen atoms in total. The smallest absolute Gasteiger partial charge is 0.406 e. The Labute approximate surface area is 182 Å². The van der Waals surface area contributed by atoms with Crippen LogP contribution in [0.4, 0.5) is 13.2 Å². The van der Waals surface area contributed by atoms with Crippen LogP contribution in [0.25, 0.3) is 0 Å². The third kappa shape index (κ3) is 7.36. The molecule has 0 amide bonds. The number of halogens is 3. The number of rotatable bonds is 10. The van der Waals surface area contributed by atoms with Gasteiger partial charge in [0.2, 0.25) is 0 Å². The molecule has 3 unspecified atom stereocenters. The van der Waals surface area contributed by atoms with Crippen molar-refractivity contribution in [2.24, 2.45) is 5.92 Å². The molecule has 0 N–H and O–H groups in total. The lowest BCUT2D eigenvalue weighted by Crippen LogP contribution is -2.21. The van der Waals surface area contributed by atoms with E-state index < -0.39 is 6.36 Å². The minimum absolute atomic E-state index is 0.165. The summed E-state index contributed by atoms with van der Waals surface area (Å²) in [6.45, 7) is 2.43. The predicted molar refractivity (Wildman–Crippen MR) is 110 cm³/mol. The van der Waals surface area contributed by atoms with Crippen molar-refractivity contribution in [2.45, 2.75) is 88.4 Å². The van der Waals surface area contributed by atoms with Crippen molar-refractivity contribution in [1.82, 2.24) is 0 Å². The fourth-order valence-corrected chi connectivity index (χ4v) is 4.95. The van der Waals surface area contributed by atoms with E-state index in [4.69, 9.17) is 14.2 Å². The first kappa shape index (κ1) is 22.9. The van der Waals surface area contributed by atoms with Gasteiger partial charge in [-0.15, -0.1) is 13.2 Å². The Morgan fingerprint density at radius 2 is 1.61 bits per heavy atom. The van der Waals surface area contributed by atoms with Crippen LogP contribution in [0.3, 0.4) is 0 Å². The summed E-state index contributed by atoms with van der Waals surface area (Å²) >= 11 is 0. The highest BCUT2D eigenvalue weighted by Gasteiger charge is 2.43. The Hall–Kier alpha value is -1.31. The zero-order valence-electron chi connectivity index (χ0n) is 17.9. The minimum Gasteiger partial charge on any atom is -0.406 e. The molecule has 1 saturated heterocycles. The van der Waals surface area contributed by atoms with E-state index in [0.717, 1.165) is 63.9 Å². The number of unbranched alkanes of at least 4 members (excludes halogenated alkanes) is 1. The molecule has 2 saturated carbocycles. The molecule has 1 aromatic carbocycles. The maximum atomic E-state index is 12.3. The normalized spacial score (nSPS) is 30.6. The fraction of sp³-hybridized carbons (Fsp3) is 0.750. The standard InChI is InChI=1S/C24H33F3O4/c25-24(26,27)31-21-10-6-19(7-11-21)18-4-8-20(9-5-18)29-14-2-1-13-28-16-17-3-12-22-23(15-17)30-22/h6-7,10-11,17-18,20,22-23H,1-5,8-9,12-16H2. The highest BCUT2D eigenvalue weighted by molar-refractivity contribution is 5.29. The van der Waals surface area contributed by atoms with E-state index in [2.05, 4.69) is 4.74 Å². The monoisotopic (exact) mass is 442 g/mol. The molecule has 174 valence electrons. The Balaban J connectivity index is 1.03. The number of alkyl halides is 3. The van der Waals surface area contributed by atoms with E-state index in [9.17, 15) is 13.2 Å². The van der Waals surface area contributed by atoms with E-state index >= 15 is 0 Å². The summed E-state index contributed by atoms with van der Waals surface area (Å²) < 4.78 is 58.2. The van der Waals surface area contributed by atoms with E-state index in [0.29, 0.717) is 30.1 Å². The Morgan fingerprint density at radius 1 is 0.871 bits per heavy atom. The summed E-state index contributed by atoms with van der Waals surface area (Å²) in [6.07, 6.45) is 6.35. The third-order valence-corrected chi connectivity index (χ3v) is 6.76. The SMILES string of the molecule is FC(F)(F)Oc1ccc(C2CCC(OCCCCOCC3CCC4OC4C3)CC2)cc1. The molecule has 3 aliphatic rings. The van der Waals surface area contributed by atoms with E-state index in [1.807, 2.05) is 0 Å². The van der Waals surface area contributed by atoms with Crippen LogP contribution < -0.4 is 4.74 Å². The summed E-state index contributed by atoms with van der Waals surface area (Å²) in [4.78, 5) is 0. The second kappa shape index (κ2) is 10.5. The van der Waals surface area contributed by atoms with Gasteiger partial charge in [-0.3, -0.25) is 0 Å². The van der Waals surface area contributed by atoms with Crippen LogP contribution in [-0.2, 0) is 14.2 Å². The zero-order chi connectivity index (χ0) is 21.7. The molecule has 4 rings (SSSR count). The maximum absolute atomic E-state index is 12.3. The summed E-state index contributed by atoms with van der Waals surface area (Å²) in [6, 6.07) is 6.29. The van der Waals surface area contributed by atoms with Gasteiger partial charge in [-0.2, -0.15) is 0 Å². The largest absolute Gasteiger partial charge is 0.573 e. The number of fused-ring (bicyclic) bond motifs is 1. The maximum Gasteiger partial charge on any atom is 0.573 e. The van der Waals surface area contributed by atoms with Gasteiger partial charge in [0, 0.05) is 19.8 Å². The average Bonchev–Trinajstić information content (AvgIpc) is 3.52. The molecule has 0 radical (unpaired) electrons. The molecule has 0 aromatic heterocycles. The average molecular weight is 443 g/mol. The molecule has 0 spiro atoms. The zero-order valence-corrected chi connectivity index (χ0v) is 17.9. The minimum atomic E-state index is -4.64. The highest BCUT2D eigenvalue weighted by atomic mass is 19.4. The number of benzene rings is 1. The van der Waals surface area contributed by atoms with Crippen molar-refractivity contribution in [3.63, 3.8) is 0 Å². The molecular formula is C24H33F3O4. The molecule has 3 fully saturated rings. The molecule has 1 aliphatic heterocycles. The Bertz CT molecular complexity index is 670. The van der Waals surface area contributed by atoms with Gasteiger partial charge in [-0.1, -0.05) is 12.1 Å². The van der Waals surface area contributed by atoms with Gasteiger partial charge in [0.25, 0.3) is 0 Å².